The summed E-state index contributed by atoms with van der Waals surface area (Å²) in [5, 5.41) is 0. The van der Waals surface area contributed by atoms with E-state index in [1.807, 2.05) is 42.5 Å². The highest BCUT2D eigenvalue weighted by molar-refractivity contribution is 5.80. The van der Waals surface area contributed by atoms with Crippen molar-refractivity contribution in [2.24, 2.45) is 0 Å². The molecule has 4 nitrogen and oxygen atoms in total. The van der Waals surface area contributed by atoms with Crippen LogP contribution in [0.15, 0.2) is 85.5 Å². The van der Waals surface area contributed by atoms with Crippen LogP contribution in [0, 0.1) is 0 Å². The molecule has 152 valence electrons. The first-order chi connectivity index (χ1) is 14.8. The molecule has 0 unspecified atom stereocenters. The van der Waals surface area contributed by atoms with E-state index < -0.39 is 0 Å². The molecule has 0 aliphatic carbocycles. The highest BCUT2D eigenvalue weighted by Gasteiger charge is 2.12. The summed E-state index contributed by atoms with van der Waals surface area (Å²) in [6.07, 6.45) is 3.59. The van der Waals surface area contributed by atoms with Crippen molar-refractivity contribution in [3.8, 4) is 22.9 Å². The number of para-hydroxylation sites is 3. The van der Waals surface area contributed by atoms with Crippen molar-refractivity contribution in [3.05, 3.63) is 91.0 Å². The largest absolute Gasteiger partial charge is 0.497 e. The van der Waals surface area contributed by atoms with Crippen LogP contribution in [0.25, 0.3) is 22.4 Å². The fraction of sp³-hybridized carbons (Fsp3) is 0.192. The molecule has 0 radical (unpaired) electrons. The minimum atomic E-state index is 0.642. The molecule has 0 saturated carbocycles. The quantitative estimate of drug-likeness (QED) is 0.260. The standard InChI is InChI=1S/C26H26N2O2/c1-3-9-20-10-4-7-13-25(20)30-19-8-18-28-24-12-6-5-11-23(24)27-26(28)21-14-16-22(29-2)17-15-21/h3-7,10-17H,1,8-9,18-19H2,2H3. The molecule has 0 saturated heterocycles. The van der Waals surface area contributed by atoms with Gasteiger partial charge in [0, 0.05) is 12.1 Å². The van der Waals surface area contributed by atoms with Crippen molar-refractivity contribution < 1.29 is 9.47 Å². The molecule has 0 aliphatic heterocycles. The molecule has 0 atom stereocenters. The SMILES string of the molecule is C=CCc1ccccc1OCCCn1c(-c2ccc(OC)cc2)nc2ccccc21. The predicted octanol–water partition coefficient (Wildman–Crippen LogP) is 5.91. The molecular formula is C26H26N2O2. The smallest absolute Gasteiger partial charge is 0.141 e. The van der Waals surface area contributed by atoms with Gasteiger partial charge in [-0.1, -0.05) is 36.4 Å². The molecule has 0 spiro atoms. The van der Waals surface area contributed by atoms with Crippen LogP contribution in [0.1, 0.15) is 12.0 Å². The summed E-state index contributed by atoms with van der Waals surface area (Å²) in [5.74, 6) is 2.74. The van der Waals surface area contributed by atoms with Crippen LogP contribution in [-0.2, 0) is 13.0 Å². The molecule has 0 aliphatic rings. The maximum atomic E-state index is 6.08. The Morgan fingerprint density at radius 2 is 1.73 bits per heavy atom. The maximum absolute atomic E-state index is 6.08. The zero-order valence-electron chi connectivity index (χ0n) is 17.3. The van der Waals surface area contributed by atoms with Crippen molar-refractivity contribution in [2.75, 3.05) is 13.7 Å². The number of rotatable bonds is 9. The number of imidazole rings is 1. The van der Waals surface area contributed by atoms with E-state index in [2.05, 4.69) is 47.5 Å². The predicted molar refractivity (Wildman–Crippen MR) is 122 cm³/mol. The van der Waals surface area contributed by atoms with E-state index in [4.69, 9.17) is 14.5 Å². The summed E-state index contributed by atoms with van der Waals surface area (Å²) in [6, 6.07) is 24.5. The Bertz CT molecular complexity index is 1130. The first-order valence-corrected chi connectivity index (χ1v) is 10.2. The van der Waals surface area contributed by atoms with Crippen molar-refractivity contribution in [3.63, 3.8) is 0 Å². The number of methoxy groups -OCH3 is 1. The third-order valence-electron chi connectivity index (χ3n) is 5.12. The van der Waals surface area contributed by atoms with Gasteiger partial charge in [-0.05, 0) is 60.9 Å². The number of aromatic nitrogens is 2. The number of ether oxygens (including phenoxy) is 2. The zero-order valence-corrected chi connectivity index (χ0v) is 17.3. The van der Waals surface area contributed by atoms with Gasteiger partial charge in [0.05, 0.1) is 24.8 Å². The van der Waals surface area contributed by atoms with Crippen LogP contribution in [-0.4, -0.2) is 23.3 Å². The summed E-state index contributed by atoms with van der Waals surface area (Å²) in [4.78, 5) is 4.88. The summed E-state index contributed by atoms with van der Waals surface area (Å²) >= 11 is 0. The second-order valence-electron chi connectivity index (χ2n) is 7.11. The van der Waals surface area contributed by atoms with Gasteiger partial charge in [-0.15, -0.1) is 6.58 Å². The van der Waals surface area contributed by atoms with E-state index in [1.54, 1.807) is 7.11 Å². The monoisotopic (exact) mass is 398 g/mol. The Kier molecular flexibility index (Phi) is 6.14. The van der Waals surface area contributed by atoms with E-state index >= 15 is 0 Å². The molecule has 4 rings (SSSR count). The highest BCUT2D eigenvalue weighted by Crippen LogP contribution is 2.27. The molecule has 0 N–H and O–H groups in total. The number of allylic oxidation sites excluding steroid dienone is 1. The minimum absolute atomic E-state index is 0.642. The number of hydrogen-bond acceptors (Lipinski definition) is 3. The molecule has 3 aromatic carbocycles. The lowest BCUT2D eigenvalue weighted by atomic mass is 10.1. The summed E-state index contributed by atoms with van der Waals surface area (Å²) in [6.45, 7) is 5.30. The fourth-order valence-electron chi connectivity index (χ4n) is 3.64. The van der Waals surface area contributed by atoms with Crippen molar-refractivity contribution in [1.82, 2.24) is 9.55 Å². The van der Waals surface area contributed by atoms with Gasteiger partial charge in [-0.3, -0.25) is 0 Å². The summed E-state index contributed by atoms with van der Waals surface area (Å²) in [7, 11) is 1.68. The number of fused-ring (bicyclic) bond motifs is 1. The lowest BCUT2D eigenvalue weighted by Gasteiger charge is -2.12. The first-order valence-electron chi connectivity index (χ1n) is 10.2. The highest BCUT2D eigenvalue weighted by atomic mass is 16.5. The van der Waals surface area contributed by atoms with Gasteiger partial charge < -0.3 is 14.0 Å². The molecule has 0 fully saturated rings. The average Bonchev–Trinajstić information content (AvgIpc) is 3.16. The van der Waals surface area contributed by atoms with Crippen LogP contribution >= 0.6 is 0 Å². The maximum Gasteiger partial charge on any atom is 0.141 e. The Hall–Kier alpha value is -3.53. The van der Waals surface area contributed by atoms with Gasteiger partial charge in [0.1, 0.15) is 17.3 Å². The Morgan fingerprint density at radius 1 is 0.967 bits per heavy atom. The third kappa shape index (κ3) is 4.23. The van der Waals surface area contributed by atoms with Gasteiger partial charge in [0.15, 0.2) is 0 Å². The second kappa shape index (κ2) is 9.31. The topological polar surface area (TPSA) is 36.3 Å². The van der Waals surface area contributed by atoms with Crippen molar-refractivity contribution in [2.45, 2.75) is 19.4 Å². The second-order valence-corrected chi connectivity index (χ2v) is 7.11. The molecular weight excluding hydrogens is 372 g/mol. The van der Waals surface area contributed by atoms with Crippen LogP contribution in [0.2, 0.25) is 0 Å². The van der Waals surface area contributed by atoms with Crippen molar-refractivity contribution in [1.29, 1.82) is 0 Å². The van der Waals surface area contributed by atoms with E-state index in [9.17, 15) is 0 Å². The molecule has 0 amide bonds. The number of benzene rings is 3. The summed E-state index contributed by atoms with van der Waals surface area (Å²) in [5.41, 5.74) is 4.37. The first kappa shape index (κ1) is 19.8. The fourth-order valence-corrected chi connectivity index (χ4v) is 3.64. The Morgan fingerprint density at radius 3 is 2.53 bits per heavy atom. The van der Waals surface area contributed by atoms with Crippen LogP contribution in [0.5, 0.6) is 11.5 Å². The number of hydrogen-bond donors (Lipinski definition) is 0. The van der Waals surface area contributed by atoms with Gasteiger partial charge >= 0.3 is 0 Å². The molecule has 0 bridgehead atoms. The van der Waals surface area contributed by atoms with Gasteiger partial charge in [-0.25, -0.2) is 4.98 Å². The van der Waals surface area contributed by atoms with Crippen molar-refractivity contribution >= 4 is 11.0 Å². The molecule has 4 aromatic rings. The number of aryl methyl sites for hydroxylation is 1. The van der Waals surface area contributed by atoms with Gasteiger partial charge in [-0.2, -0.15) is 0 Å². The average molecular weight is 399 g/mol. The lowest BCUT2D eigenvalue weighted by molar-refractivity contribution is 0.300. The van der Waals surface area contributed by atoms with E-state index in [0.717, 1.165) is 53.3 Å². The van der Waals surface area contributed by atoms with Gasteiger partial charge in [0.25, 0.3) is 0 Å². The zero-order chi connectivity index (χ0) is 20.8. The van der Waals surface area contributed by atoms with E-state index in [0.29, 0.717) is 6.61 Å². The molecule has 1 aromatic heterocycles. The Balaban J connectivity index is 1.53. The number of nitrogens with zero attached hydrogens (tertiary/aromatic N) is 2. The minimum Gasteiger partial charge on any atom is -0.497 e. The van der Waals surface area contributed by atoms with E-state index in [1.165, 1.54) is 5.56 Å². The van der Waals surface area contributed by atoms with Crippen LogP contribution in [0.3, 0.4) is 0 Å². The Labute approximate surface area is 177 Å². The normalized spacial score (nSPS) is 10.8. The molecule has 1 heterocycles. The lowest BCUT2D eigenvalue weighted by Crippen LogP contribution is -2.07. The summed E-state index contributed by atoms with van der Waals surface area (Å²) < 4.78 is 13.6. The van der Waals surface area contributed by atoms with Crippen LogP contribution < -0.4 is 9.47 Å². The van der Waals surface area contributed by atoms with Gasteiger partial charge in [0.2, 0.25) is 0 Å². The van der Waals surface area contributed by atoms with Crippen LogP contribution in [0.4, 0.5) is 0 Å². The molecule has 30 heavy (non-hydrogen) atoms. The molecule has 4 heteroatoms. The van der Waals surface area contributed by atoms with E-state index in [-0.39, 0.29) is 0 Å². The third-order valence-corrected chi connectivity index (χ3v) is 5.12.